The SMILES string of the molecule is C=Cc1c(C)ccc(C(C)C)c1OP(=O)(Oc1c(C(C)C)ccc(C)c1C=C)Oc1c(C(C)C)ccc(C)c1C=C. The first-order valence-corrected chi connectivity index (χ1v) is 15.7. The number of hydrogen-bond acceptors (Lipinski definition) is 4. The first kappa shape index (κ1) is 32.0. The van der Waals surface area contributed by atoms with Gasteiger partial charge in [-0.3, -0.25) is 0 Å². The number of hydrogen-bond donors (Lipinski definition) is 0. The van der Waals surface area contributed by atoms with E-state index in [0.29, 0.717) is 17.2 Å². The number of phosphoric ester groups is 1. The molecule has 0 amide bonds. The van der Waals surface area contributed by atoms with Crippen LogP contribution in [0.15, 0.2) is 56.1 Å². The molecule has 0 spiro atoms. The zero-order chi connectivity index (χ0) is 30.6. The van der Waals surface area contributed by atoms with Crippen LogP contribution < -0.4 is 13.6 Å². The topological polar surface area (TPSA) is 44.8 Å². The molecule has 218 valence electrons. The highest BCUT2D eigenvalue weighted by molar-refractivity contribution is 7.49. The van der Waals surface area contributed by atoms with Crippen molar-refractivity contribution < 1.29 is 18.1 Å². The molecule has 0 aromatic heterocycles. The lowest BCUT2D eigenvalue weighted by atomic mass is 9.96. The largest absolute Gasteiger partial charge is 0.647 e. The zero-order valence-electron chi connectivity index (χ0n) is 26.1. The summed E-state index contributed by atoms with van der Waals surface area (Å²) in [6, 6.07) is 12.0. The van der Waals surface area contributed by atoms with Crippen LogP contribution in [0.1, 0.15) is 109 Å². The minimum atomic E-state index is -4.41. The highest BCUT2D eigenvalue weighted by Crippen LogP contribution is 2.56. The van der Waals surface area contributed by atoms with Gasteiger partial charge in [-0.05, 0) is 71.9 Å². The van der Waals surface area contributed by atoms with Gasteiger partial charge in [-0.25, -0.2) is 0 Å². The molecule has 0 bridgehead atoms. The van der Waals surface area contributed by atoms with Crippen molar-refractivity contribution in [1.82, 2.24) is 0 Å². The Morgan fingerprint density at radius 1 is 0.537 bits per heavy atom. The maximum atomic E-state index is 15.2. The van der Waals surface area contributed by atoms with Crippen LogP contribution in [0.3, 0.4) is 0 Å². The Labute approximate surface area is 247 Å². The van der Waals surface area contributed by atoms with Crippen molar-refractivity contribution in [2.75, 3.05) is 0 Å². The summed E-state index contributed by atoms with van der Waals surface area (Å²) in [7, 11) is -4.41. The molecule has 4 nitrogen and oxygen atoms in total. The molecule has 0 saturated heterocycles. The predicted octanol–water partition coefficient (Wildman–Crippen LogP) is 11.6. The van der Waals surface area contributed by atoms with E-state index in [4.69, 9.17) is 13.6 Å². The normalized spacial score (nSPS) is 11.6. The van der Waals surface area contributed by atoms with Crippen LogP contribution in [-0.2, 0) is 4.57 Å². The van der Waals surface area contributed by atoms with Crippen molar-refractivity contribution in [1.29, 1.82) is 0 Å². The lowest BCUT2D eigenvalue weighted by Gasteiger charge is -2.28. The molecular formula is C36H45O4P. The quantitative estimate of drug-likeness (QED) is 0.203. The summed E-state index contributed by atoms with van der Waals surface area (Å²) in [4.78, 5) is 0. The molecule has 0 N–H and O–H groups in total. The van der Waals surface area contributed by atoms with Gasteiger partial charge in [-0.2, -0.15) is 4.57 Å². The summed E-state index contributed by atoms with van der Waals surface area (Å²) in [5.74, 6) is 1.57. The van der Waals surface area contributed by atoms with Gasteiger partial charge in [0.1, 0.15) is 17.2 Å². The van der Waals surface area contributed by atoms with Crippen molar-refractivity contribution in [3.05, 3.63) is 106 Å². The second-order valence-corrected chi connectivity index (χ2v) is 12.9. The molecule has 0 unspecified atom stereocenters. The number of aryl methyl sites for hydroxylation is 3. The van der Waals surface area contributed by atoms with Gasteiger partial charge in [0.2, 0.25) is 0 Å². The summed E-state index contributed by atoms with van der Waals surface area (Å²) in [5.41, 5.74) is 7.73. The summed E-state index contributed by atoms with van der Waals surface area (Å²) >= 11 is 0. The van der Waals surface area contributed by atoms with E-state index in [0.717, 1.165) is 50.1 Å². The summed E-state index contributed by atoms with van der Waals surface area (Å²) < 4.78 is 34.8. The summed E-state index contributed by atoms with van der Waals surface area (Å²) in [5, 5.41) is 0. The van der Waals surface area contributed by atoms with E-state index in [2.05, 4.69) is 61.3 Å². The lowest BCUT2D eigenvalue weighted by Crippen LogP contribution is -2.14. The Bertz CT molecular complexity index is 1330. The second kappa shape index (κ2) is 13.0. The van der Waals surface area contributed by atoms with Gasteiger partial charge in [-0.15, -0.1) is 0 Å². The average molecular weight is 573 g/mol. The van der Waals surface area contributed by atoms with E-state index in [1.807, 2.05) is 57.2 Å². The van der Waals surface area contributed by atoms with Gasteiger partial charge in [0.25, 0.3) is 0 Å². The fourth-order valence-electron chi connectivity index (χ4n) is 4.97. The van der Waals surface area contributed by atoms with E-state index >= 15 is 4.57 Å². The molecule has 0 atom stereocenters. The van der Waals surface area contributed by atoms with Gasteiger partial charge in [0.15, 0.2) is 0 Å². The van der Waals surface area contributed by atoms with Crippen LogP contribution in [0.4, 0.5) is 0 Å². The summed E-state index contributed by atoms with van der Waals surface area (Å²) in [6.45, 7) is 30.4. The van der Waals surface area contributed by atoms with Crippen molar-refractivity contribution in [2.45, 2.75) is 80.1 Å². The van der Waals surface area contributed by atoms with Crippen LogP contribution in [0, 0.1) is 20.8 Å². The minimum Gasteiger partial charge on any atom is -0.385 e. The molecule has 0 saturated carbocycles. The van der Waals surface area contributed by atoms with Crippen LogP contribution >= 0.6 is 7.82 Å². The van der Waals surface area contributed by atoms with Gasteiger partial charge in [0.05, 0.1) is 0 Å². The first-order chi connectivity index (χ1) is 19.3. The Kier molecular flexibility index (Phi) is 10.2. The zero-order valence-corrected chi connectivity index (χ0v) is 27.0. The Balaban J connectivity index is 2.39. The van der Waals surface area contributed by atoms with Crippen LogP contribution in [-0.4, -0.2) is 0 Å². The third-order valence-corrected chi connectivity index (χ3v) is 8.64. The number of rotatable bonds is 12. The van der Waals surface area contributed by atoms with Crippen molar-refractivity contribution in [2.24, 2.45) is 0 Å². The molecule has 0 aliphatic heterocycles. The van der Waals surface area contributed by atoms with E-state index in [-0.39, 0.29) is 17.8 Å². The van der Waals surface area contributed by atoms with E-state index in [9.17, 15) is 0 Å². The monoisotopic (exact) mass is 572 g/mol. The fraction of sp³-hybridized carbons (Fsp3) is 0.333. The second-order valence-electron chi connectivity index (χ2n) is 11.4. The van der Waals surface area contributed by atoms with Crippen LogP contribution in [0.5, 0.6) is 17.2 Å². The van der Waals surface area contributed by atoms with Gasteiger partial charge < -0.3 is 13.6 Å². The predicted molar refractivity (Wildman–Crippen MR) is 176 cm³/mol. The Hall–Kier alpha value is -3.49. The Morgan fingerprint density at radius 3 is 0.976 bits per heavy atom. The third-order valence-electron chi connectivity index (χ3n) is 7.42. The maximum absolute atomic E-state index is 15.2. The molecule has 3 rings (SSSR count). The van der Waals surface area contributed by atoms with Gasteiger partial charge in [0, 0.05) is 16.7 Å². The van der Waals surface area contributed by atoms with Gasteiger partial charge >= 0.3 is 7.82 Å². The Morgan fingerprint density at radius 2 is 0.780 bits per heavy atom. The van der Waals surface area contributed by atoms with Crippen LogP contribution in [0.25, 0.3) is 18.2 Å². The highest BCUT2D eigenvalue weighted by Gasteiger charge is 2.39. The molecule has 0 aliphatic carbocycles. The van der Waals surface area contributed by atoms with Crippen molar-refractivity contribution >= 4 is 26.1 Å². The molecule has 41 heavy (non-hydrogen) atoms. The van der Waals surface area contributed by atoms with Gasteiger partial charge in [-0.1, -0.05) is 116 Å². The maximum Gasteiger partial charge on any atom is 0.647 e. The molecule has 3 aromatic carbocycles. The van der Waals surface area contributed by atoms with E-state index in [1.54, 1.807) is 18.2 Å². The van der Waals surface area contributed by atoms with E-state index < -0.39 is 7.82 Å². The molecule has 0 aliphatic rings. The smallest absolute Gasteiger partial charge is 0.385 e. The molecule has 0 radical (unpaired) electrons. The number of phosphoric acid groups is 1. The highest BCUT2D eigenvalue weighted by atomic mass is 31.2. The lowest BCUT2D eigenvalue weighted by molar-refractivity contribution is 0.293. The molecule has 5 heteroatoms. The standard InChI is InChI=1S/C36H45O4P/c1-13-28-25(10)16-19-31(22(4)5)34(28)38-41(37,39-35-29(14-2)26(11)17-20-32(35)23(6)7)40-36-30(15-3)27(12)18-21-33(36)24(8)9/h13-24H,1-3H2,4-12H3. The average Bonchev–Trinajstić information content (AvgIpc) is 2.88. The van der Waals surface area contributed by atoms with Crippen molar-refractivity contribution in [3.63, 3.8) is 0 Å². The minimum absolute atomic E-state index is 0.0839. The first-order valence-electron chi connectivity index (χ1n) is 14.2. The van der Waals surface area contributed by atoms with E-state index in [1.165, 1.54) is 0 Å². The summed E-state index contributed by atoms with van der Waals surface area (Å²) in [6.07, 6.45) is 5.18. The molecule has 0 heterocycles. The number of benzene rings is 3. The van der Waals surface area contributed by atoms with Crippen molar-refractivity contribution in [3.8, 4) is 17.2 Å². The molecule has 3 aromatic rings. The molecule has 0 fully saturated rings. The molecular weight excluding hydrogens is 527 g/mol. The van der Waals surface area contributed by atoms with Crippen LogP contribution in [0.2, 0.25) is 0 Å². The fourth-order valence-corrected chi connectivity index (χ4v) is 6.36. The third kappa shape index (κ3) is 6.71.